The van der Waals surface area contributed by atoms with Crippen LogP contribution in [0, 0.1) is 0 Å². The summed E-state index contributed by atoms with van der Waals surface area (Å²) in [5.41, 5.74) is 1.39. The van der Waals surface area contributed by atoms with Crippen LogP contribution in [0.25, 0.3) is 6.08 Å². The van der Waals surface area contributed by atoms with Gasteiger partial charge in [0.1, 0.15) is 0 Å². The summed E-state index contributed by atoms with van der Waals surface area (Å²) in [5, 5.41) is 0.584. The van der Waals surface area contributed by atoms with Gasteiger partial charge in [0.25, 0.3) is 5.91 Å². The minimum atomic E-state index is -0.433. The summed E-state index contributed by atoms with van der Waals surface area (Å²) in [6.07, 6.45) is 1.73. The van der Waals surface area contributed by atoms with Gasteiger partial charge in [-0.05, 0) is 55.0 Å². The largest absolute Gasteiger partial charge is 0.490 e. The quantitative estimate of drug-likeness (QED) is 0.284. The third kappa shape index (κ3) is 4.55. The lowest BCUT2D eigenvalue weighted by molar-refractivity contribution is -0.132. The third-order valence-corrected chi connectivity index (χ3v) is 5.25. The highest BCUT2D eigenvalue weighted by Crippen LogP contribution is 2.37. The molecule has 5 nitrogen and oxygen atoms in total. The Hall–Kier alpha value is -2.35. The molecular formula is C20H16ClNO4S2. The van der Waals surface area contributed by atoms with Crippen molar-refractivity contribution in [3.8, 4) is 11.5 Å². The number of hydrogen-bond acceptors (Lipinski definition) is 6. The molecule has 0 unspecified atom stereocenters. The van der Waals surface area contributed by atoms with Crippen molar-refractivity contribution in [3.63, 3.8) is 0 Å². The number of esters is 1. The molecule has 28 heavy (non-hydrogen) atoms. The van der Waals surface area contributed by atoms with Crippen molar-refractivity contribution >= 4 is 63.5 Å². The summed E-state index contributed by atoms with van der Waals surface area (Å²) in [6, 6.07) is 12.0. The molecule has 1 amide bonds. The van der Waals surface area contributed by atoms with Crippen molar-refractivity contribution in [2.45, 2.75) is 13.8 Å². The molecule has 0 aromatic heterocycles. The molecule has 8 heteroatoms. The summed E-state index contributed by atoms with van der Waals surface area (Å²) in [6.45, 7) is 3.57. The van der Waals surface area contributed by atoms with Gasteiger partial charge >= 0.3 is 5.97 Å². The van der Waals surface area contributed by atoms with Gasteiger partial charge in [-0.1, -0.05) is 41.6 Å². The Kier molecular flexibility index (Phi) is 6.39. The zero-order valence-corrected chi connectivity index (χ0v) is 17.5. The highest BCUT2D eigenvalue weighted by molar-refractivity contribution is 8.27. The van der Waals surface area contributed by atoms with Crippen LogP contribution in [0.1, 0.15) is 19.4 Å². The molecular weight excluding hydrogens is 418 g/mol. The van der Waals surface area contributed by atoms with Gasteiger partial charge in [0.05, 0.1) is 17.2 Å². The number of anilines is 1. The number of benzene rings is 2. The number of nitrogens with zero attached hydrogens (tertiary/aromatic N) is 1. The minimum absolute atomic E-state index is 0.209. The highest BCUT2D eigenvalue weighted by atomic mass is 35.5. The first kappa shape index (κ1) is 20.4. The Labute approximate surface area is 177 Å². The van der Waals surface area contributed by atoms with Gasteiger partial charge in [0, 0.05) is 11.9 Å². The molecule has 0 bridgehead atoms. The van der Waals surface area contributed by atoms with E-state index in [9.17, 15) is 9.59 Å². The predicted molar refractivity (Wildman–Crippen MR) is 116 cm³/mol. The summed E-state index contributed by atoms with van der Waals surface area (Å²) >= 11 is 12.5. The van der Waals surface area contributed by atoms with Crippen molar-refractivity contribution in [3.05, 3.63) is 58.0 Å². The second-order valence-electron chi connectivity index (χ2n) is 5.73. The Morgan fingerprint density at radius 1 is 1.21 bits per heavy atom. The number of thioether (sulfide) groups is 1. The first-order chi connectivity index (χ1) is 13.4. The van der Waals surface area contributed by atoms with Crippen LogP contribution in [0.4, 0.5) is 5.69 Å². The molecule has 3 rings (SSSR count). The van der Waals surface area contributed by atoms with Crippen LogP contribution in [0.5, 0.6) is 11.5 Å². The normalized spacial score (nSPS) is 15.2. The molecule has 0 aliphatic carbocycles. The molecule has 0 atom stereocenters. The van der Waals surface area contributed by atoms with E-state index in [0.717, 1.165) is 5.56 Å². The molecule has 0 radical (unpaired) electrons. The topological polar surface area (TPSA) is 55.8 Å². The fourth-order valence-electron chi connectivity index (χ4n) is 2.55. The molecule has 1 aliphatic heterocycles. The van der Waals surface area contributed by atoms with E-state index in [0.29, 0.717) is 38.0 Å². The van der Waals surface area contributed by atoms with E-state index in [1.54, 1.807) is 48.5 Å². The second kappa shape index (κ2) is 8.77. The zero-order chi connectivity index (χ0) is 20.3. The molecule has 0 N–H and O–H groups in total. The first-order valence-electron chi connectivity index (χ1n) is 8.38. The van der Waals surface area contributed by atoms with Crippen LogP contribution < -0.4 is 14.4 Å². The summed E-state index contributed by atoms with van der Waals surface area (Å²) in [7, 11) is 0. The average molecular weight is 434 g/mol. The fourth-order valence-corrected chi connectivity index (χ4v) is 3.98. The predicted octanol–water partition coefficient (Wildman–Crippen LogP) is 5.07. The van der Waals surface area contributed by atoms with Crippen LogP contribution in [-0.2, 0) is 9.59 Å². The molecule has 0 saturated carbocycles. The lowest BCUT2D eigenvalue weighted by atomic mass is 10.1. The van der Waals surface area contributed by atoms with Crippen LogP contribution in [0.3, 0.4) is 0 Å². The number of thiocarbonyl (C=S) groups is 1. The van der Waals surface area contributed by atoms with Crippen molar-refractivity contribution in [1.29, 1.82) is 0 Å². The van der Waals surface area contributed by atoms with Crippen molar-refractivity contribution in [2.24, 2.45) is 0 Å². The van der Waals surface area contributed by atoms with E-state index in [1.807, 2.05) is 6.92 Å². The molecule has 1 aliphatic rings. The highest BCUT2D eigenvalue weighted by Gasteiger charge is 2.33. The number of amides is 1. The Morgan fingerprint density at radius 2 is 1.93 bits per heavy atom. The lowest BCUT2D eigenvalue weighted by Crippen LogP contribution is -2.27. The maximum absolute atomic E-state index is 12.8. The summed E-state index contributed by atoms with van der Waals surface area (Å²) in [5.74, 6) is 0.122. The SMILES string of the molecule is CCOc1cc(/C=C2\SC(=S)N(c3ccc(Cl)cc3)C2=O)ccc1OC(C)=O. The van der Waals surface area contributed by atoms with Gasteiger partial charge < -0.3 is 9.47 Å². The second-order valence-corrected chi connectivity index (χ2v) is 7.84. The van der Waals surface area contributed by atoms with Crippen molar-refractivity contribution in [2.75, 3.05) is 11.5 Å². The number of carbonyl (C=O) groups is 2. The van der Waals surface area contributed by atoms with E-state index in [1.165, 1.54) is 23.6 Å². The molecule has 1 saturated heterocycles. The standard InChI is InChI=1S/C20H16ClNO4S2/c1-3-25-17-10-13(4-9-16(17)26-12(2)23)11-18-19(24)22(20(27)28-18)15-7-5-14(21)6-8-15/h4-11H,3H2,1-2H3/b18-11-. The molecule has 144 valence electrons. The van der Waals surface area contributed by atoms with Crippen LogP contribution in [0.15, 0.2) is 47.4 Å². The monoisotopic (exact) mass is 433 g/mol. The molecule has 2 aromatic carbocycles. The molecule has 2 aromatic rings. The van der Waals surface area contributed by atoms with E-state index in [4.69, 9.17) is 33.3 Å². The lowest BCUT2D eigenvalue weighted by Gasteiger charge is -2.14. The Morgan fingerprint density at radius 3 is 2.57 bits per heavy atom. The maximum Gasteiger partial charge on any atom is 0.308 e. The Balaban J connectivity index is 1.90. The number of ether oxygens (including phenoxy) is 2. The van der Waals surface area contributed by atoms with Crippen LogP contribution >= 0.6 is 35.6 Å². The maximum atomic E-state index is 12.8. The van der Waals surface area contributed by atoms with Crippen molar-refractivity contribution in [1.82, 2.24) is 0 Å². The number of halogens is 1. The van der Waals surface area contributed by atoms with Crippen LogP contribution in [0.2, 0.25) is 5.02 Å². The minimum Gasteiger partial charge on any atom is -0.490 e. The summed E-state index contributed by atoms with van der Waals surface area (Å²) in [4.78, 5) is 26.0. The molecule has 1 heterocycles. The molecule has 1 fully saturated rings. The number of carbonyl (C=O) groups excluding carboxylic acids is 2. The van der Waals surface area contributed by atoms with E-state index < -0.39 is 5.97 Å². The number of hydrogen-bond donors (Lipinski definition) is 0. The van der Waals surface area contributed by atoms with Gasteiger partial charge in [-0.15, -0.1) is 0 Å². The Bertz CT molecular complexity index is 973. The van der Waals surface area contributed by atoms with Gasteiger partial charge in [-0.3, -0.25) is 14.5 Å². The first-order valence-corrected chi connectivity index (χ1v) is 9.98. The summed E-state index contributed by atoms with van der Waals surface area (Å²) < 4.78 is 11.1. The van der Waals surface area contributed by atoms with Gasteiger partial charge in [-0.25, -0.2) is 0 Å². The van der Waals surface area contributed by atoms with Gasteiger partial charge in [0.2, 0.25) is 0 Å². The third-order valence-electron chi connectivity index (χ3n) is 3.70. The van der Waals surface area contributed by atoms with Crippen molar-refractivity contribution < 1.29 is 19.1 Å². The van der Waals surface area contributed by atoms with E-state index >= 15 is 0 Å². The fraction of sp³-hybridized carbons (Fsp3) is 0.150. The van der Waals surface area contributed by atoms with Crippen LogP contribution in [-0.4, -0.2) is 22.8 Å². The van der Waals surface area contributed by atoms with Gasteiger partial charge in [0.15, 0.2) is 15.8 Å². The molecule has 0 spiro atoms. The van der Waals surface area contributed by atoms with Gasteiger partial charge in [-0.2, -0.15) is 0 Å². The average Bonchev–Trinajstić information content (AvgIpc) is 2.91. The number of rotatable bonds is 5. The zero-order valence-electron chi connectivity index (χ0n) is 15.1. The van der Waals surface area contributed by atoms with E-state index in [-0.39, 0.29) is 5.91 Å². The smallest absolute Gasteiger partial charge is 0.308 e. The van der Waals surface area contributed by atoms with E-state index in [2.05, 4.69) is 0 Å².